The first-order chi connectivity index (χ1) is 7.57. The maximum atomic E-state index is 11.8. The van der Waals surface area contributed by atoms with Gasteiger partial charge in [0.15, 0.2) is 0 Å². The maximum absolute atomic E-state index is 11.8. The van der Waals surface area contributed by atoms with Gasteiger partial charge in [-0.15, -0.1) is 11.6 Å². The van der Waals surface area contributed by atoms with Crippen LogP contribution in [0.3, 0.4) is 0 Å². The molecule has 1 fully saturated rings. The molecule has 0 radical (unpaired) electrons. The molecule has 2 atom stereocenters. The number of halogens is 1. The van der Waals surface area contributed by atoms with Crippen LogP contribution in [0.25, 0.3) is 0 Å². The molecule has 0 N–H and O–H groups in total. The summed E-state index contributed by atoms with van der Waals surface area (Å²) >= 11 is 5.77. The molecule has 0 aromatic rings. The molecular weight excluding hydrogens is 230 g/mol. The molecule has 1 saturated heterocycles. The summed E-state index contributed by atoms with van der Waals surface area (Å²) in [6.45, 7) is 4.32. The molecular formula is C11H18ClNO3. The van der Waals surface area contributed by atoms with E-state index in [1.807, 2.05) is 0 Å². The highest BCUT2D eigenvalue weighted by Crippen LogP contribution is 2.20. The van der Waals surface area contributed by atoms with Crippen molar-refractivity contribution in [1.29, 1.82) is 0 Å². The Morgan fingerprint density at radius 1 is 1.50 bits per heavy atom. The van der Waals surface area contributed by atoms with E-state index in [0.29, 0.717) is 19.6 Å². The third-order valence-electron chi connectivity index (χ3n) is 2.68. The van der Waals surface area contributed by atoms with Crippen LogP contribution in [-0.2, 0) is 14.3 Å². The Bertz CT molecular complexity index is 268. The molecule has 16 heavy (non-hydrogen) atoms. The zero-order chi connectivity index (χ0) is 12.1. The van der Waals surface area contributed by atoms with E-state index in [4.69, 9.17) is 16.3 Å². The largest absolute Gasteiger partial charge is 0.464 e. The molecule has 1 heterocycles. The van der Waals surface area contributed by atoms with Crippen LogP contribution in [0.4, 0.5) is 0 Å². The average molecular weight is 248 g/mol. The van der Waals surface area contributed by atoms with E-state index in [9.17, 15) is 9.59 Å². The Morgan fingerprint density at radius 2 is 2.19 bits per heavy atom. The first kappa shape index (κ1) is 13.3. The number of nitrogens with zero attached hydrogens (tertiary/aromatic N) is 1. The number of hydrogen-bond acceptors (Lipinski definition) is 3. The van der Waals surface area contributed by atoms with Gasteiger partial charge in [0, 0.05) is 6.54 Å². The highest BCUT2D eigenvalue weighted by molar-refractivity contribution is 6.30. The van der Waals surface area contributed by atoms with Crippen LogP contribution >= 0.6 is 11.6 Å². The van der Waals surface area contributed by atoms with Crippen molar-refractivity contribution in [2.24, 2.45) is 0 Å². The Balaban J connectivity index is 2.71. The van der Waals surface area contributed by atoms with Gasteiger partial charge in [0.05, 0.1) is 6.61 Å². The highest BCUT2D eigenvalue weighted by Gasteiger charge is 2.34. The van der Waals surface area contributed by atoms with Crippen LogP contribution in [0, 0.1) is 0 Å². The molecule has 1 amide bonds. The van der Waals surface area contributed by atoms with Crippen LogP contribution in [-0.4, -0.2) is 41.3 Å². The smallest absolute Gasteiger partial charge is 0.328 e. The molecule has 1 aliphatic heterocycles. The molecule has 0 aromatic heterocycles. The van der Waals surface area contributed by atoms with E-state index >= 15 is 0 Å². The molecule has 4 nitrogen and oxygen atoms in total. The second-order valence-electron chi connectivity index (χ2n) is 3.91. The summed E-state index contributed by atoms with van der Waals surface area (Å²) in [5.74, 6) is -0.493. The van der Waals surface area contributed by atoms with Crippen molar-refractivity contribution in [2.75, 3.05) is 13.2 Å². The highest BCUT2D eigenvalue weighted by atomic mass is 35.5. The summed E-state index contributed by atoms with van der Waals surface area (Å²) in [5, 5.41) is -0.588. The molecule has 2 unspecified atom stereocenters. The van der Waals surface area contributed by atoms with Crippen molar-refractivity contribution < 1.29 is 14.3 Å². The number of hydrogen-bond donors (Lipinski definition) is 0. The molecule has 0 aliphatic carbocycles. The summed E-state index contributed by atoms with van der Waals surface area (Å²) in [6.07, 6.45) is 2.55. The maximum Gasteiger partial charge on any atom is 0.328 e. The molecule has 0 bridgehead atoms. The number of alkyl halides is 1. The second-order valence-corrected chi connectivity index (χ2v) is 4.57. The predicted octanol–water partition coefficient (Wildman–Crippen LogP) is 1.56. The van der Waals surface area contributed by atoms with E-state index in [1.165, 1.54) is 0 Å². The minimum atomic E-state index is -0.588. The number of ether oxygens (including phenoxy) is 1. The fourth-order valence-corrected chi connectivity index (χ4v) is 2.03. The Kier molecular flexibility index (Phi) is 5.06. The van der Waals surface area contributed by atoms with Crippen molar-refractivity contribution in [3.8, 4) is 0 Å². The molecule has 1 rings (SSSR count). The standard InChI is InChI=1S/C11H18ClNO3/c1-3-16-11(15)9-6-4-5-7-13(9)10(14)8(2)12/h8-9H,3-7H2,1-2H3. The number of likely N-dealkylation sites (tertiary alicyclic amines) is 1. The number of rotatable bonds is 3. The van der Waals surface area contributed by atoms with Gasteiger partial charge in [0.25, 0.3) is 0 Å². The molecule has 92 valence electrons. The number of carbonyl (C=O) groups is 2. The minimum Gasteiger partial charge on any atom is -0.464 e. The van der Waals surface area contributed by atoms with Gasteiger partial charge >= 0.3 is 5.97 Å². The van der Waals surface area contributed by atoms with Gasteiger partial charge in [-0.25, -0.2) is 4.79 Å². The van der Waals surface area contributed by atoms with E-state index in [-0.39, 0.29) is 11.9 Å². The monoisotopic (exact) mass is 247 g/mol. The molecule has 0 aromatic carbocycles. The summed E-state index contributed by atoms with van der Waals surface area (Å²) in [7, 11) is 0. The summed E-state index contributed by atoms with van der Waals surface area (Å²) < 4.78 is 4.97. The van der Waals surface area contributed by atoms with Gasteiger partial charge in [-0.3, -0.25) is 4.79 Å². The Labute approximate surface area is 101 Å². The molecule has 0 spiro atoms. The number of esters is 1. The first-order valence-corrected chi connectivity index (χ1v) is 6.12. The Morgan fingerprint density at radius 3 is 2.75 bits per heavy atom. The molecule has 5 heteroatoms. The van der Waals surface area contributed by atoms with Gasteiger partial charge in [-0.2, -0.15) is 0 Å². The van der Waals surface area contributed by atoms with Crippen molar-refractivity contribution in [2.45, 2.75) is 44.5 Å². The summed E-state index contributed by atoms with van der Waals surface area (Å²) in [5.41, 5.74) is 0. The third kappa shape index (κ3) is 3.11. The van der Waals surface area contributed by atoms with Gasteiger partial charge in [0.1, 0.15) is 11.4 Å². The van der Waals surface area contributed by atoms with E-state index in [0.717, 1.165) is 12.8 Å². The van der Waals surface area contributed by atoms with Crippen LogP contribution in [0.1, 0.15) is 33.1 Å². The topological polar surface area (TPSA) is 46.6 Å². The zero-order valence-corrected chi connectivity index (χ0v) is 10.5. The van der Waals surface area contributed by atoms with Crippen LogP contribution < -0.4 is 0 Å². The number of carbonyl (C=O) groups excluding carboxylic acids is 2. The quantitative estimate of drug-likeness (QED) is 0.562. The van der Waals surface area contributed by atoms with Gasteiger partial charge in [0.2, 0.25) is 5.91 Å². The SMILES string of the molecule is CCOC(=O)C1CCCCN1C(=O)C(C)Cl. The van der Waals surface area contributed by atoms with Crippen molar-refractivity contribution in [1.82, 2.24) is 4.90 Å². The molecule has 0 saturated carbocycles. The van der Waals surface area contributed by atoms with Crippen molar-refractivity contribution >= 4 is 23.5 Å². The Hall–Kier alpha value is -0.770. The van der Waals surface area contributed by atoms with Crippen molar-refractivity contribution in [3.05, 3.63) is 0 Å². The van der Waals surface area contributed by atoms with Crippen LogP contribution in [0.2, 0.25) is 0 Å². The average Bonchev–Trinajstić information content (AvgIpc) is 2.28. The predicted molar refractivity (Wildman–Crippen MR) is 61.3 cm³/mol. The van der Waals surface area contributed by atoms with Gasteiger partial charge in [-0.05, 0) is 33.1 Å². The van der Waals surface area contributed by atoms with Crippen LogP contribution in [0.15, 0.2) is 0 Å². The fourth-order valence-electron chi connectivity index (χ4n) is 1.91. The lowest BCUT2D eigenvalue weighted by Crippen LogP contribution is -2.50. The summed E-state index contributed by atoms with van der Waals surface area (Å²) in [4.78, 5) is 25.0. The fraction of sp³-hybridized carbons (Fsp3) is 0.818. The molecule has 1 aliphatic rings. The van der Waals surface area contributed by atoms with Gasteiger partial charge < -0.3 is 9.64 Å². The third-order valence-corrected chi connectivity index (χ3v) is 2.87. The lowest BCUT2D eigenvalue weighted by atomic mass is 10.0. The van der Waals surface area contributed by atoms with Crippen molar-refractivity contribution in [3.63, 3.8) is 0 Å². The zero-order valence-electron chi connectivity index (χ0n) is 9.74. The van der Waals surface area contributed by atoms with Crippen LogP contribution in [0.5, 0.6) is 0 Å². The normalized spacial score (nSPS) is 22.7. The lowest BCUT2D eigenvalue weighted by molar-refractivity contribution is -0.156. The number of piperidine rings is 1. The lowest BCUT2D eigenvalue weighted by Gasteiger charge is -2.34. The minimum absolute atomic E-state index is 0.181. The summed E-state index contributed by atoms with van der Waals surface area (Å²) in [6, 6.07) is -0.442. The van der Waals surface area contributed by atoms with E-state index in [1.54, 1.807) is 18.7 Å². The second kappa shape index (κ2) is 6.09. The van der Waals surface area contributed by atoms with E-state index < -0.39 is 11.4 Å². The first-order valence-electron chi connectivity index (χ1n) is 5.69. The van der Waals surface area contributed by atoms with E-state index in [2.05, 4.69) is 0 Å². The number of amides is 1. The van der Waals surface area contributed by atoms with Gasteiger partial charge in [-0.1, -0.05) is 0 Å².